The van der Waals surface area contributed by atoms with Crippen LogP contribution in [0.4, 0.5) is 26.7 Å². The molecule has 2 aliphatic heterocycles. The van der Waals surface area contributed by atoms with Crippen molar-refractivity contribution in [2.45, 2.75) is 25.3 Å². The predicted molar refractivity (Wildman–Crippen MR) is 208 cm³/mol. The van der Waals surface area contributed by atoms with E-state index in [0.29, 0.717) is 52.1 Å². The fourth-order valence-electron chi connectivity index (χ4n) is 7.27. The lowest BCUT2D eigenvalue weighted by Crippen LogP contribution is -2.60. The van der Waals surface area contributed by atoms with Crippen LogP contribution >= 0.6 is 11.6 Å². The second-order valence-corrected chi connectivity index (χ2v) is 14.2. The number of piperazine rings is 1. The third-order valence-corrected chi connectivity index (χ3v) is 10.4. The van der Waals surface area contributed by atoms with Gasteiger partial charge in [0.25, 0.3) is 0 Å². The number of carbonyl (C=O) groups is 6. The van der Waals surface area contributed by atoms with Gasteiger partial charge in [-0.25, -0.2) is 19.0 Å². The van der Waals surface area contributed by atoms with E-state index in [1.54, 1.807) is 48.4 Å². The van der Waals surface area contributed by atoms with Crippen molar-refractivity contribution in [3.05, 3.63) is 89.3 Å². The maximum atomic E-state index is 14.2. The molecule has 4 N–H and O–H groups in total. The van der Waals surface area contributed by atoms with Crippen LogP contribution in [0.5, 0.6) is 0 Å². The van der Waals surface area contributed by atoms with Crippen LogP contribution in [0.1, 0.15) is 28.9 Å². The number of aromatic carboxylic acids is 1. The minimum absolute atomic E-state index is 0.0237. The van der Waals surface area contributed by atoms with E-state index in [1.807, 2.05) is 0 Å². The highest BCUT2D eigenvalue weighted by Crippen LogP contribution is 2.31. The number of hydrogen-bond donors (Lipinski definition) is 4. The van der Waals surface area contributed by atoms with Crippen molar-refractivity contribution in [1.29, 1.82) is 0 Å². The van der Waals surface area contributed by atoms with Gasteiger partial charge in [-0.2, -0.15) is 4.68 Å². The second kappa shape index (κ2) is 16.7. The van der Waals surface area contributed by atoms with E-state index in [-0.39, 0.29) is 47.8 Å². The number of hydrogen-bond acceptors (Lipinski definition) is 10. The van der Waals surface area contributed by atoms with Crippen LogP contribution < -0.4 is 15.5 Å². The number of rotatable bonds is 11. The maximum Gasteiger partial charge on any atom is 0.416 e. The number of urea groups is 1. The molecule has 5 amide bonds. The van der Waals surface area contributed by atoms with Crippen LogP contribution in [0.3, 0.4) is 0 Å². The molecule has 4 heterocycles. The van der Waals surface area contributed by atoms with Crippen molar-refractivity contribution < 1.29 is 43.7 Å². The Morgan fingerprint density at radius 3 is 2.29 bits per heavy atom. The van der Waals surface area contributed by atoms with Gasteiger partial charge in [-0.3, -0.25) is 14.4 Å². The van der Waals surface area contributed by atoms with Gasteiger partial charge < -0.3 is 40.3 Å². The van der Waals surface area contributed by atoms with Crippen LogP contribution in [0.15, 0.2) is 73.1 Å². The van der Waals surface area contributed by atoms with E-state index < -0.39 is 41.5 Å². The number of amides is 5. The number of carboxylic acids is 1. The normalized spacial score (nSPS) is 15.4. The van der Waals surface area contributed by atoms with E-state index in [0.717, 1.165) is 12.8 Å². The molecule has 2 aliphatic rings. The highest BCUT2D eigenvalue weighted by molar-refractivity contribution is 6.41. The summed E-state index contributed by atoms with van der Waals surface area (Å²) in [5, 5.41) is 36.6. The molecular formula is C38H37ClN10O9. The first-order valence-electron chi connectivity index (χ1n) is 18.1. The fraction of sp³-hybridized carbons (Fsp3) is 0.289. The molecule has 0 saturated carbocycles. The van der Waals surface area contributed by atoms with E-state index >= 15 is 0 Å². The Morgan fingerprint density at radius 1 is 0.879 bits per heavy atom. The number of benzene rings is 3. The van der Waals surface area contributed by atoms with Crippen LogP contribution in [0, 0.1) is 5.92 Å². The summed E-state index contributed by atoms with van der Waals surface area (Å²) < 4.78 is 7.20. The lowest BCUT2D eigenvalue weighted by atomic mass is 9.98. The van der Waals surface area contributed by atoms with Crippen LogP contribution in [-0.2, 0) is 25.5 Å². The molecule has 0 radical (unpaired) electrons. The number of fused-ring (bicyclic) bond motifs is 1. The summed E-state index contributed by atoms with van der Waals surface area (Å²) in [5.41, 5.74) is 1.58. The molecule has 2 saturated heterocycles. The minimum atomic E-state index is -1.50. The van der Waals surface area contributed by atoms with Crippen LogP contribution in [-0.4, -0.2) is 127 Å². The number of nitrogens with one attached hydrogen (secondary N) is 2. The summed E-state index contributed by atoms with van der Waals surface area (Å²) in [6.07, 6.45) is 1.47. The standard InChI is InChI=1S/C38H37ClN10O9/c1-58-20-23-10-12-45(13-11-23)37(55)42-26-5-2-22(3-6-26)16-31(33(50)41-27-7-9-28-24(17-27)18-32(36(53)54)49(28)38(56)57)47-15-14-46(34(51)35(47)52)30-19-25(39)4-8-29(30)48-21-40-43-44-48/h2-9,17-19,21,23,31H,10-16,20H2,1H3,(H,41,50)(H,42,55)(H,53,54)(H,56,57)/t31-/m0/s1. The van der Waals surface area contributed by atoms with E-state index in [1.165, 1.54) is 51.1 Å². The Hall–Kier alpha value is -6.86. The number of ether oxygens (including phenoxy) is 1. The topological polar surface area (TPSA) is 234 Å². The zero-order valence-corrected chi connectivity index (χ0v) is 31.7. The molecule has 7 rings (SSSR count). The number of nitrogens with zero attached hydrogens (tertiary/aromatic N) is 8. The van der Waals surface area contributed by atoms with E-state index in [4.69, 9.17) is 16.3 Å². The molecule has 1 atom stereocenters. The summed E-state index contributed by atoms with van der Waals surface area (Å²) in [5.74, 6) is -3.62. The largest absolute Gasteiger partial charge is 0.477 e. The molecular weight excluding hydrogens is 776 g/mol. The molecule has 0 unspecified atom stereocenters. The summed E-state index contributed by atoms with van der Waals surface area (Å²) in [6, 6.07) is 15.4. The number of tetrazole rings is 1. The van der Waals surface area contributed by atoms with Gasteiger partial charge in [0.15, 0.2) is 0 Å². The van der Waals surface area contributed by atoms with Crippen molar-refractivity contribution in [2.75, 3.05) is 55.4 Å². The van der Waals surface area contributed by atoms with Crippen molar-refractivity contribution in [2.24, 2.45) is 5.92 Å². The Bertz CT molecular complexity index is 2390. The molecule has 0 spiro atoms. The Labute approximate surface area is 334 Å². The molecule has 300 valence electrons. The van der Waals surface area contributed by atoms with Gasteiger partial charge in [0, 0.05) is 68.1 Å². The highest BCUT2D eigenvalue weighted by Gasteiger charge is 2.41. The summed E-state index contributed by atoms with van der Waals surface area (Å²) in [7, 11) is 1.66. The minimum Gasteiger partial charge on any atom is -0.477 e. The first-order valence-corrected chi connectivity index (χ1v) is 18.5. The summed E-state index contributed by atoms with van der Waals surface area (Å²) >= 11 is 6.30. The average molecular weight is 813 g/mol. The summed E-state index contributed by atoms with van der Waals surface area (Å²) in [4.78, 5) is 82.9. The molecule has 0 aliphatic carbocycles. The molecule has 2 fully saturated rings. The van der Waals surface area contributed by atoms with Gasteiger partial charge in [-0.1, -0.05) is 23.7 Å². The van der Waals surface area contributed by atoms with Gasteiger partial charge in [0.1, 0.15) is 18.1 Å². The SMILES string of the molecule is COCC1CCN(C(=O)Nc2ccc(C[C@@H](C(=O)Nc3ccc4c(c3)cc(C(=O)O)n4C(=O)O)N3CCN(c4cc(Cl)ccc4-n4cnnn4)C(=O)C3=O)cc2)CC1. The Kier molecular flexibility index (Phi) is 11.3. The zero-order chi connectivity index (χ0) is 41.1. The monoisotopic (exact) mass is 812 g/mol. The number of piperidine rings is 1. The molecule has 0 bridgehead atoms. The molecule has 20 heteroatoms. The van der Waals surface area contributed by atoms with E-state index in [9.17, 15) is 39.0 Å². The van der Waals surface area contributed by atoms with Crippen molar-refractivity contribution in [1.82, 2.24) is 34.6 Å². The number of halogens is 1. The van der Waals surface area contributed by atoms with Gasteiger partial charge in [0.2, 0.25) is 5.91 Å². The number of likely N-dealkylation sites (tertiary alicyclic amines) is 1. The smallest absolute Gasteiger partial charge is 0.416 e. The number of methoxy groups -OCH3 is 1. The van der Waals surface area contributed by atoms with Crippen molar-refractivity contribution >= 4 is 75.4 Å². The number of aromatic nitrogens is 5. The number of carbonyl (C=O) groups excluding carboxylic acids is 4. The van der Waals surface area contributed by atoms with Crippen LogP contribution in [0.25, 0.3) is 16.6 Å². The third kappa shape index (κ3) is 8.16. The molecule has 58 heavy (non-hydrogen) atoms. The van der Waals surface area contributed by atoms with Crippen molar-refractivity contribution in [3.63, 3.8) is 0 Å². The maximum absolute atomic E-state index is 14.2. The third-order valence-electron chi connectivity index (χ3n) is 10.2. The zero-order valence-electron chi connectivity index (χ0n) is 30.9. The lowest BCUT2D eigenvalue weighted by Gasteiger charge is -2.38. The predicted octanol–water partition coefficient (Wildman–Crippen LogP) is 3.81. The summed E-state index contributed by atoms with van der Waals surface area (Å²) in [6.45, 7) is 1.76. The average Bonchev–Trinajstić information content (AvgIpc) is 3.88. The first kappa shape index (κ1) is 39.4. The first-order chi connectivity index (χ1) is 27.9. The van der Waals surface area contributed by atoms with Crippen molar-refractivity contribution in [3.8, 4) is 5.69 Å². The molecule has 3 aromatic carbocycles. The Balaban J connectivity index is 1.13. The quantitative estimate of drug-likeness (QED) is 0.140. The Morgan fingerprint density at radius 2 is 1.62 bits per heavy atom. The second-order valence-electron chi connectivity index (χ2n) is 13.8. The van der Waals surface area contributed by atoms with E-state index in [2.05, 4.69) is 26.2 Å². The molecule has 2 aromatic heterocycles. The van der Waals surface area contributed by atoms with Gasteiger partial charge in [-0.05, 0) is 89.3 Å². The number of anilines is 3. The highest BCUT2D eigenvalue weighted by atomic mass is 35.5. The van der Waals surface area contributed by atoms with Crippen LogP contribution in [0.2, 0.25) is 5.02 Å². The fourth-order valence-corrected chi connectivity index (χ4v) is 7.44. The molecule has 5 aromatic rings. The van der Waals surface area contributed by atoms with Gasteiger partial charge >= 0.3 is 29.9 Å². The van der Waals surface area contributed by atoms with Gasteiger partial charge in [0.05, 0.1) is 16.9 Å². The molecule has 19 nitrogen and oxygen atoms in total. The number of carboxylic acid groups (broad SMARTS) is 2. The lowest BCUT2D eigenvalue weighted by molar-refractivity contribution is -0.149. The van der Waals surface area contributed by atoms with Gasteiger partial charge in [-0.15, -0.1) is 5.10 Å².